The highest BCUT2D eigenvalue weighted by atomic mass is 32.1. The summed E-state index contributed by atoms with van der Waals surface area (Å²) in [4.78, 5) is 28.4. The van der Waals surface area contributed by atoms with E-state index in [1.165, 1.54) is 0 Å². The lowest BCUT2D eigenvalue weighted by atomic mass is 9.75. The molecule has 0 saturated heterocycles. The van der Waals surface area contributed by atoms with Gasteiger partial charge in [0.1, 0.15) is 6.61 Å². The molecule has 1 amide bonds. The summed E-state index contributed by atoms with van der Waals surface area (Å²) in [5.41, 5.74) is 0.109. The van der Waals surface area contributed by atoms with Crippen molar-refractivity contribution in [1.82, 2.24) is 25.4 Å². The van der Waals surface area contributed by atoms with Crippen LogP contribution >= 0.6 is 12.2 Å². The number of anilines is 1. The molecule has 2 aromatic carbocycles. The Bertz CT molecular complexity index is 1510. The van der Waals surface area contributed by atoms with E-state index in [1.807, 2.05) is 56.0 Å². The molecule has 10 nitrogen and oxygen atoms in total. The first-order chi connectivity index (χ1) is 21.1. The third kappa shape index (κ3) is 8.50. The second-order valence-corrected chi connectivity index (χ2v) is 12.7. The Morgan fingerprint density at radius 2 is 1.67 bits per heavy atom. The lowest BCUT2D eigenvalue weighted by Gasteiger charge is -2.39. The standard InChI is InChI=1S/C31H37F3N6O4S/c1-20(2)44-26(41)30(19-29(3,4)5,36-27(45)35-28(42)43-18-21-9-7-6-8-10-21)22-11-13-23(14-12-22)39-15-16-40-24(17-39)37-38-25(40)31(32,33)34/h6-14,20H,15-19H2,1-5H3,(H2,35,36,42,45)/t30-/m1/s1. The molecule has 1 atom stereocenters. The van der Waals surface area contributed by atoms with Crippen LogP contribution in [-0.4, -0.2) is 44.6 Å². The molecule has 1 aliphatic heterocycles. The number of halogens is 3. The van der Waals surface area contributed by atoms with Crippen LogP contribution in [0.4, 0.5) is 23.7 Å². The van der Waals surface area contributed by atoms with Crippen molar-refractivity contribution in [2.45, 2.75) is 78.6 Å². The summed E-state index contributed by atoms with van der Waals surface area (Å²) in [7, 11) is 0. The van der Waals surface area contributed by atoms with Gasteiger partial charge in [-0.05, 0) is 61.2 Å². The lowest BCUT2D eigenvalue weighted by Crippen LogP contribution is -2.58. The number of amides is 1. The lowest BCUT2D eigenvalue weighted by molar-refractivity contribution is -0.157. The van der Waals surface area contributed by atoms with Gasteiger partial charge in [0.15, 0.2) is 16.5 Å². The molecule has 4 rings (SSSR count). The van der Waals surface area contributed by atoms with Crippen LogP contribution in [0.1, 0.15) is 63.8 Å². The third-order valence-electron chi connectivity index (χ3n) is 6.97. The van der Waals surface area contributed by atoms with Gasteiger partial charge in [-0.15, -0.1) is 10.2 Å². The zero-order chi connectivity index (χ0) is 33.0. The van der Waals surface area contributed by atoms with Gasteiger partial charge in [0.25, 0.3) is 0 Å². The van der Waals surface area contributed by atoms with Gasteiger partial charge in [-0.1, -0.05) is 63.2 Å². The Morgan fingerprint density at radius 1 is 1.00 bits per heavy atom. The molecular formula is C31H37F3N6O4S. The minimum atomic E-state index is -4.59. The number of carbonyl (C=O) groups is 2. The van der Waals surface area contributed by atoms with Gasteiger partial charge in [-0.25, -0.2) is 9.59 Å². The first-order valence-corrected chi connectivity index (χ1v) is 14.8. The highest BCUT2D eigenvalue weighted by Gasteiger charge is 2.46. The summed E-state index contributed by atoms with van der Waals surface area (Å²) in [6.07, 6.45) is -5.58. The van der Waals surface area contributed by atoms with E-state index in [9.17, 15) is 22.8 Å². The number of benzene rings is 2. The van der Waals surface area contributed by atoms with E-state index in [0.29, 0.717) is 17.8 Å². The zero-order valence-electron chi connectivity index (χ0n) is 25.8. The number of fused-ring (bicyclic) bond motifs is 1. The Morgan fingerprint density at radius 3 is 2.27 bits per heavy atom. The maximum atomic E-state index is 13.9. The van der Waals surface area contributed by atoms with Gasteiger partial charge in [-0.2, -0.15) is 13.2 Å². The van der Waals surface area contributed by atoms with E-state index in [1.54, 1.807) is 38.1 Å². The molecule has 0 aliphatic carbocycles. The number of alkyl halides is 3. The number of aromatic nitrogens is 3. The summed E-state index contributed by atoms with van der Waals surface area (Å²) in [6.45, 7) is 9.88. The minimum Gasteiger partial charge on any atom is -0.461 e. The quantitative estimate of drug-likeness (QED) is 0.235. The monoisotopic (exact) mass is 646 g/mol. The van der Waals surface area contributed by atoms with Crippen molar-refractivity contribution >= 4 is 35.1 Å². The number of carbonyl (C=O) groups excluding carboxylic acids is 2. The van der Waals surface area contributed by atoms with Gasteiger partial charge in [0, 0.05) is 18.8 Å². The number of hydrogen-bond acceptors (Lipinski definition) is 8. The van der Waals surface area contributed by atoms with Gasteiger partial charge in [-0.3, -0.25) is 5.32 Å². The third-order valence-corrected chi connectivity index (χ3v) is 7.18. The van der Waals surface area contributed by atoms with Crippen molar-refractivity contribution < 1.29 is 32.2 Å². The maximum absolute atomic E-state index is 13.9. The fraction of sp³-hybridized carbons (Fsp3) is 0.452. The van der Waals surface area contributed by atoms with Crippen LogP contribution in [0.2, 0.25) is 0 Å². The Balaban J connectivity index is 1.59. The molecule has 0 saturated carbocycles. The number of nitrogens with one attached hydrogen (secondary N) is 2. The average molecular weight is 647 g/mol. The topological polar surface area (TPSA) is 111 Å². The molecule has 1 aliphatic rings. The van der Waals surface area contributed by atoms with E-state index in [-0.39, 0.29) is 37.1 Å². The minimum absolute atomic E-state index is 0.0313. The summed E-state index contributed by atoms with van der Waals surface area (Å²) in [6, 6.07) is 16.2. The van der Waals surface area contributed by atoms with Crippen LogP contribution in [0.5, 0.6) is 0 Å². The molecule has 45 heavy (non-hydrogen) atoms. The molecule has 0 fully saturated rings. The maximum Gasteiger partial charge on any atom is 0.451 e. The number of esters is 1. The first-order valence-electron chi connectivity index (χ1n) is 14.4. The molecule has 0 radical (unpaired) electrons. The smallest absolute Gasteiger partial charge is 0.451 e. The number of alkyl carbamates (subject to hydrolysis) is 1. The fourth-order valence-corrected chi connectivity index (χ4v) is 5.45. The molecule has 1 aromatic heterocycles. The molecule has 2 heterocycles. The van der Waals surface area contributed by atoms with Gasteiger partial charge in [0.05, 0.1) is 12.6 Å². The van der Waals surface area contributed by atoms with Crippen LogP contribution in [0.25, 0.3) is 0 Å². The second kappa shape index (κ2) is 13.4. The van der Waals surface area contributed by atoms with Crippen LogP contribution in [0, 0.1) is 5.41 Å². The first kappa shape index (κ1) is 33.7. The largest absolute Gasteiger partial charge is 0.461 e. The number of rotatable bonds is 8. The van der Waals surface area contributed by atoms with Crippen molar-refractivity contribution in [2.75, 3.05) is 11.4 Å². The van der Waals surface area contributed by atoms with Crippen molar-refractivity contribution in [3.8, 4) is 0 Å². The molecule has 14 heteroatoms. The Hall–Kier alpha value is -4.20. The van der Waals surface area contributed by atoms with Crippen molar-refractivity contribution in [3.63, 3.8) is 0 Å². The molecular weight excluding hydrogens is 609 g/mol. The van der Waals surface area contributed by atoms with E-state index >= 15 is 0 Å². The summed E-state index contributed by atoms with van der Waals surface area (Å²) >= 11 is 5.49. The van der Waals surface area contributed by atoms with E-state index in [4.69, 9.17) is 21.7 Å². The van der Waals surface area contributed by atoms with E-state index in [0.717, 1.165) is 10.1 Å². The highest BCUT2D eigenvalue weighted by Crippen LogP contribution is 2.38. The highest BCUT2D eigenvalue weighted by molar-refractivity contribution is 7.80. The normalized spacial score (nSPS) is 14.7. The number of nitrogens with zero attached hydrogens (tertiary/aromatic N) is 4. The van der Waals surface area contributed by atoms with Crippen molar-refractivity contribution in [2.24, 2.45) is 5.41 Å². The molecule has 0 unspecified atom stereocenters. The van der Waals surface area contributed by atoms with Gasteiger partial charge < -0.3 is 24.3 Å². The number of ether oxygens (including phenoxy) is 2. The Labute approximate surface area is 265 Å². The molecule has 0 bridgehead atoms. The van der Waals surface area contributed by atoms with Crippen LogP contribution in [0.15, 0.2) is 54.6 Å². The van der Waals surface area contributed by atoms with Crippen molar-refractivity contribution in [1.29, 1.82) is 0 Å². The zero-order valence-corrected chi connectivity index (χ0v) is 26.6. The summed E-state index contributed by atoms with van der Waals surface area (Å²) in [5.74, 6) is -1.40. The summed E-state index contributed by atoms with van der Waals surface area (Å²) in [5, 5.41) is 12.5. The van der Waals surface area contributed by atoms with E-state index < -0.39 is 41.1 Å². The predicted molar refractivity (Wildman–Crippen MR) is 165 cm³/mol. The van der Waals surface area contributed by atoms with Gasteiger partial charge in [0.2, 0.25) is 5.82 Å². The molecule has 0 spiro atoms. The SMILES string of the molecule is CC(C)OC(=O)[C@](CC(C)(C)C)(NC(=S)NC(=O)OCc1ccccc1)c1ccc(N2CCn3c(nnc3C(F)(F)F)C2)cc1. The Kier molecular flexibility index (Phi) is 10.1. The second-order valence-electron chi connectivity index (χ2n) is 12.3. The van der Waals surface area contributed by atoms with Gasteiger partial charge >= 0.3 is 18.2 Å². The number of thiocarbonyl (C=S) groups is 1. The van der Waals surface area contributed by atoms with Crippen molar-refractivity contribution in [3.05, 3.63) is 77.4 Å². The van der Waals surface area contributed by atoms with Crippen LogP contribution in [-0.2, 0) is 45.7 Å². The average Bonchev–Trinajstić information content (AvgIpc) is 3.39. The van der Waals surface area contributed by atoms with Crippen LogP contribution in [0.3, 0.4) is 0 Å². The molecule has 242 valence electrons. The molecule has 2 N–H and O–H groups in total. The molecule has 3 aromatic rings. The van der Waals surface area contributed by atoms with E-state index in [2.05, 4.69) is 20.8 Å². The van der Waals surface area contributed by atoms with Crippen LogP contribution < -0.4 is 15.5 Å². The predicted octanol–water partition coefficient (Wildman–Crippen LogP) is 5.70. The fourth-order valence-electron chi connectivity index (χ4n) is 5.19. The number of hydrogen-bond donors (Lipinski definition) is 2. The summed E-state index contributed by atoms with van der Waals surface area (Å²) < 4.78 is 52.0.